The lowest BCUT2D eigenvalue weighted by Crippen LogP contribution is -2.57. The molecular formula is C19H31BO3. The third kappa shape index (κ3) is 2.89. The minimum Gasteiger partial charge on any atom is -0.472 e. The van der Waals surface area contributed by atoms with E-state index in [0.717, 1.165) is 24.7 Å². The molecule has 0 saturated carbocycles. The normalized spacial score (nSPS) is 38.2. The zero-order chi connectivity index (χ0) is 16.9. The Morgan fingerprint density at radius 3 is 2.65 bits per heavy atom. The van der Waals surface area contributed by atoms with Gasteiger partial charge >= 0.3 is 0 Å². The number of rotatable bonds is 3. The molecule has 0 spiro atoms. The first kappa shape index (κ1) is 17.1. The molecule has 2 unspecified atom stereocenters. The largest absolute Gasteiger partial charge is 0.472 e. The highest BCUT2D eigenvalue weighted by molar-refractivity contribution is 6.66. The van der Waals surface area contributed by atoms with E-state index < -0.39 is 11.7 Å². The van der Waals surface area contributed by atoms with Crippen molar-refractivity contribution in [3.05, 3.63) is 24.2 Å². The van der Waals surface area contributed by atoms with Crippen LogP contribution in [0.15, 0.2) is 23.0 Å². The van der Waals surface area contributed by atoms with Crippen molar-refractivity contribution in [3.8, 4) is 0 Å². The van der Waals surface area contributed by atoms with Crippen molar-refractivity contribution in [2.75, 3.05) is 0 Å². The van der Waals surface area contributed by atoms with Crippen molar-refractivity contribution < 1.29 is 14.6 Å². The highest BCUT2D eigenvalue weighted by Gasteiger charge is 2.59. The molecule has 2 N–H and O–H groups in total. The fourth-order valence-electron chi connectivity index (χ4n) is 5.97. The topological polar surface area (TPSA) is 53.6 Å². The molecule has 1 aromatic rings. The van der Waals surface area contributed by atoms with Crippen molar-refractivity contribution in [3.63, 3.8) is 0 Å². The molecule has 0 aliphatic carbocycles. The Balaban J connectivity index is 1.90. The molecule has 128 valence electrons. The fraction of sp³-hybridized carbons (Fsp3) is 0.789. The lowest BCUT2D eigenvalue weighted by Gasteiger charge is -2.60. The third-order valence-corrected chi connectivity index (χ3v) is 7.15. The minimum atomic E-state index is -0.705. The summed E-state index contributed by atoms with van der Waals surface area (Å²) in [5, 5.41) is 22.2. The summed E-state index contributed by atoms with van der Waals surface area (Å²) in [6.07, 6.45) is 8.83. The van der Waals surface area contributed by atoms with Gasteiger partial charge in [0, 0.05) is 5.56 Å². The Hall–Kier alpha value is -0.735. The van der Waals surface area contributed by atoms with Crippen LogP contribution in [-0.2, 0) is 0 Å². The van der Waals surface area contributed by atoms with Crippen LogP contribution < -0.4 is 0 Å². The lowest BCUT2D eigenvalue weighted by atomic mass is 9.14. The van der Waals surface area contributed by atoms with Crippen molar-refractivity contribution in [1.29, 1.82) is 0 Å². The maximum absolute atomic E-state index is 11.1. The van der Waals surface area contributed by atoms with Gasteiger partial charge in [-0.2, -0.15) is 0 Å². The summed E-state index contributed by atoms with van der Waals surface area (Å²) in [7, 11) is 0. The van der Waals surface area contributed by atoms with Gasteiger partial charge < -0.3 is 14.6 Å². The molecule has 1 aromatic heterocycles. The fourth-order valence-corrected chi connectivity index (χ4v) is 5.97. The third-order valence-electron chi connectivity index (χ3n) is 7.15. The molecule has 3 heterocycles. The molecule has 0 amide bonds. The van der Waals surface area contributed by atoms with E-state index in [-0.39, 0.29) is 11.2 Å². The molecule has 2 fully saturated rings. The highest BCUT2D eigenvalue weighted by atomic mass is 16.3. The van der Waals surface area contributed by atoms with Crippen LogP contribution >= 0.6 is 0 Å². The van der Waals surface area contributed by atoms with E-state index in [0.29, 0.717) is 18.4 Å². The van der Waals surface area contributed by atoms with E-state index in [1.165, 1.54) is 12.8 Å². The number of fused-ring (bicyclic) bond motifs is 1. The quantitative estimate of drug-likeness (QED) is 0.795. The summed E-state index contributed by atoms with van der Waals surface area (Å²) < 4.78 is 5.12. The van der Waals surface area contributed by atoms with Crippen molar-refractivity contribution in [2.45, 2.75) is 88.5 Å². The second-order valence-corrected chi connectivity index (χ2v) is 9.16. The first-order chi connectivity index (χ1) is 10.7. The number of aliphatic hydroxyl groups excluding tert-OH is 1. The van der Waals surface area contributed by atoms with Crippen LogP contribution in [-0.4, -0.2) is 22.5 Å². The molecule has 0 radical (unpaired) electrons. The summed E-state index contributed by atoms with van der Waals surface area (Å²) in [6, 6.07) is 1.83. The lowest BCUT2D eigenvalue weighted by molar-refractivity contribution is -0.0570. The Morgan fingerprint density at radius 2 is 2.00 bits per heavy atom. The maximum atomic E-state index is 11.1. The van der Waals surface area contributed by atoms with Gasteiger partial charge in [0.2, 0.25) is 0 Å². The predicted octanol–water partition coefficient (Wildman–Crippen LogP) is 4.69. The number of aliphatic hydroxyl groups is 2. The molecule has 2 aliphatic rings. The van der Waals surface area contributed by atoms with E-state index in [1.54, 1.807) is 12.5 Å². The second kappa shape index (κ2) is 5.66. The van der Waals surface area contributed by atoms with Crippen molar-refractivity contribution in [2.24, 2.45) is 5.92 Å². The average Bonchev–Trinajstić information content (AvgIpc) is 2.95. The maximum Gasteiger partial charge on any atom is 0.152 e. The van der Waals surface area contributed by atoms with E-state index in [2.05, 4.69) is 20.8 Å². The number of hydrogen-bond acceptors (Lipinski definition) is 3. The number of hydrogen-bond donors (Lipinski definition) is 2. The van der Waals surface area contributed by atoms with Gasteiger partial charge in [-0.3, -0.25) is 0 Å². The van der Waals surface area contributed by atoms with Crippen molar-refractivity contribution in [1.82, 2.24) is 0 Å². The van der Waals surface area contributed by atoms with E-state index in [9.17, 15) is 10.2 Å². The molecule has 0 bridgehead atoms. The van der Waals surface area contributed by atoms with E-state index >= 15 is 0 Å². The summed E-state index contributed by atoms with van der Waals surface area (Å²) >= 11 is 0. The van der Waals surface area contributed by atoms with Crippen LogP contribution in [0.3, 0.4) is 0 Å². The van der Waals surface area contributed by atoms with Crippen LogP contribution in [0.4, 0.5) is 0 Å². The molecule has 4 heteroatoms. The van der Waals surface area contributed by atoms with Gasteiger partial charge in [-0.05, 0) is 37.1 Å². The van der Waals surface area contributed by atoms with Gasteiger partial charge in [0.05, 0.1) is 24.2 Å². The van der Waals surface area contributed by atoms with Gasteiger partial charge in [-0.15, -0.1) is 0 Å². The minimum absolute atomic E-state index is 0.0915. The van der Waals surface area contributed by atoms with Crippen molar-refractivity contribution >= 4 is 6.71 Å². The number of furan rings is 1. The average molecular weight is 318 g/mol. The highest BCUT2D eigenvalue weighted by Crippen LogP contribution is 2.65. The predicted molar refractivity (Wildman–Crippen MR) is 93.8 cm³/mol. The van der Waals surface area contributed by atoms with Gasteiger partial charge in [0.15, 0.2) is 6.71 Å². The Morgan fingerprint density at radius 1 is 1.26 bits per heavy atom. The van der Waals surface area contributed by atoms with Crippen LogP contribution in [0.5, 0.6) is 0 Å². The smallest absolute Gasteiger partial charge is 0.152 e. The van der Waals surface area contributed by atoms with Crippen LogP contribution in [0.25, 0.3) is 0 Å². The molecule has 3 nitrogen and oxygen atoms in total. The molecule has 0 aromatic carbocycles. The second-order valence-electron chi connectivity index (χ2n) is 9.16. The van der Waals surface area contributed by atoms with E-state index in [4.69, 9.17) is 4.42 Å². The summed E-state index contributed by atoms with van der Waals surface area (Å²) in [6.45, 7) is 9.73. The molecule has 2 aliphatic heterocycles. The monoisotopic (exact) mass is 318 g/mol. The van der Waals surface area contributed by atoms with Crippen LogP contribution in [0.2, 0.25) is 16.9 Å². The first-order valence-electron chi connectivity index (χ1n) is 9.09. The molecule has 23 heavy (non-hydrogen) atoms. The molecule has 2 saturated heterocycles. The summed E-state index contributed by atoms with van der Waals surface area (Å²) in [5.74, 6) is 0.109. The SMILES string of the molecule is CC1(C)CCCC2(C)B1CC[C@@](C)(O)[C@@H]2CC(O)c1ccoc1. The van der Waals surface area contributed by atoms with Crippen LogP contribution in [0, 0.1) is 5.92 Å². The van der Waals surface area contributed by atoms with E-state index in [1.807, 2.05) is 13.0 Å². The van der Waals surface area contributed by atoms with Gasteiger partial charge in [-0.25, -0.2) is 0 Å². The molecule has 4 atom stereocenters. The van der Waals surface area contributed by atoms with Gasteiger partial charge in [-0.1, -0.05) is 51.7 Å². The summed E-state index contributed by atoms with van der Waals surface area (Å²) in [5.41, 5.74) is 0.116. The Labute approximate surface area is 140 Å². The summed E-state index contributed by atoms with van der Waals surface area (Å²) in [4.78, 5) is 0. The van der Waals surface area contributed by atoms with Gasteiger partial charge in [0.25, 0.3) is 0 Å². The standard InChI is InChI=1S/C19H31BO3/c1-17(2)7-5-8-18(3)16(19(4,22)9-10-20(17)18)12-15(21)14-6-11-23-13-14/h6,11,13,15-16,21-22H,5,7-10,12H2,1-4H3/t15?,16-,18?,19-/m1/s1. The van der Waals surface area contributed by atoms with Gasteiger partial charge in [0.1, 0.15) is 0 Å². The Kier molecular flexibility index (Phi) is 4.21. The molecular weight excluding hydrogens is 287 g/mol. The molecule has 3 rings (SSSR count). The zero-order valence-electron chi connectivity index (χ0n) is 15.0. The zero-order valence-corrected chi connectivity index (χ0v) is 15.0. The first-order valence-corrected chi connectivity index (χ1v) is 9.09. The Bertz CT molecular complexity index is 537. The van der Waals surface area contributed by atoms with Crippen LogP contribution in [0.1, 0.15) is 71.5 Å².